The van der Waals surface area contributed by atoms with Gasteiger partial charge in [0, 0.05) is 6.08 Å². The summed E-state index contributed by atoms with van der Waals surface area (Å²) in [5.41, 5.74) is -1.82. The van der Waals surface area contributed by atoms with Crippen LogP contribution < -0.4 is 5.56 Å². The van der Waals surface area contributed by atoms with Crippen molar-refractivity contribution in [2.24, 2.45) is 0 Å². The molecule has 3 N–H and O–H groups in total. The summed E-state index contributed by atoms with van der Waals surface area (Å²) in [5, 5.41) is 19.3. The summed E-state index contributed by atoms with van der Waals surface area (Å²) < 4.78 is 53.5. The molecule has 0 atom stereocenters. The highest BCUT2D eigenvalue weighted by atomic mass is 19.2. The number of aromatic nitrogens is 2. The minimum Gasteiger partial charge on any atom is -0.507 e. The number of hydrogen-bond donors (Lipinski definition) is 3. The first-order chi connectivity index (χ1) is 11.8. The number of H-pyrrole nitrogens is 1. The van der Waals surface area contributed by atoms with Gasteiger partial charge in [0.25, 0.3) is 5.56 Å². The first-order valence-corrected chi connectivity index (χ1v) is 6.76. The Bertz CT molecular complexity index is 1060. The van der Waals surface area contributed by atoms with Crippen molar-refractivity contribution in [2.75, 3.05) is 0 Å². The topological polar surface area (TPSA) is 86.2 Å². The van der Waals surface area contributed by atoms with Crippen LogP contribution in [0.2, 0.25) is 0 Å². The molecule has 5 nitrogen and oxygen atoms in total. The molecule has 0 unspecified atom stereocenters. The lowest BCUT2D eigenvalue weighted by Crippen LogP contribution is -2.12. The van der Waals surface area contributed by atoms with Crippen LogP contribution in [0.15, 0.2) is 29.1 Å². The third kappa shape index (κ3) is 2.69. The minimum absolute atomic E-state index is 0.322. The Kier molecular flexibility index (Phi) is 3.91. The van der Waals surface area contributed by atoms with E-state index < -0.39 is 51.6 Å². The number of phenolic OH excluding ortho intramolecular Hbond substituents is 1. The zero-order valence-electron chi connectivity index (χ0n) is 12.1. The highest BCUT2D eigenvalue weighted by Gasteiger charge is 2.27. The standard InChI is InChI=1S/C16H8F4N2O3/c17-11-10(15(24)14(20)13(19)12(11)18)9(23)5-8-16(25)22-7-4-2-1-3-6(7)21-8/h1-5,23-24H,(H,22,25). The molecular formula is C16H8F4N2O3. The van der Waals surface area contributed by atoms with Gasteiger partial charge in [0.2, 0.25) is 11.6 Å². The van der Waals surface area contributed by atoms with E-state index >= 15 is 0 Å². The summed E-state index contributed by atoms with van der Waals surface area (Å²) in [6, 6.07) is 6.36. The van der Waals surface area contributed by atoms with Gasteiger partial charge in [-0.15, -0.1) is 0 Å². The molecular weight excluding hydrogens is 344 g/mol. The van der Waals surface area contributed by atoms with Crippen molar-refractivity contribution in [1.82, 2.24) is 9.97 Å². The third-order valence-corrected chi connectivity index (χ3v) is 3.40. The van der Waals surface area contributed by atoms with E-state index in [1.165, 1.54) is 6.07 Å². The predicted molar refractivity (Wildman–Crippen MR) is 80.8 cm³/mol. The number of halogens is 4. The molecule has 128 valence electrons. The molecule has 3 rings (SSSR count). The largest absolute Gasteiger partial charge is 0.507 e. The average Bonchev–Trinajstić information content (AvgIpc) is 2.59. The number of aromatic amines is 1. The van der Waals surface area contributed by atoms with E-state index in [9.17, 15) is 32.6 Å². The molecule has 1 heterocycles. The second-order valence-corrected chi connectivity index (χ2v) is 4.98. The smallest absolute Gasteiger partial charge is 0.274 e. The van der Waals surface area contributed by atoms with Gasteiger partial charge in [-0.05, 0) is 12.1 Å². The molecule has 0 fully saturated rings. The van der Waals surface area contributed by atoms with Gasteiger partial charge in [0.05, 0.1) is 11.0 Å². The minimum atomic E-state index is -2.23. The lowest BCUT2D eigenvalue weighted by atomic mass is 10.1. The maximum Gasteiger partial charge on any atom is 0.274 e. The Morgan fingerprint density at radius 3 is 2.40 bits per heavy atom. The Morgan fingerprint density at radius 1 is 1.04 bits per heavy atom. The summed E-state index contributed by atoms with van der Waals surface area (Å²) >= 11 is 0. The number of hydrogen-bond acceptors (Lipinski definition) is 4. The number of para-hydroxylation sites is 2. The molecule has 0 aliphatic rings. The van der Waals surface area contributed by atoms with Crippen molar-refractivity contribution in [3.05, 3.63) is 69.1 Å². The number of aliphatic hydroxyl groups excluding tert-OH is 1. The Morgan fingerprint density at radius 2 is 1.68 bits per heavy atom. The number of aromatic hydroxyl groups is 1. The fraction of sp³-hybridized carbons (Fsp3) is 0. The van der Waals surface area contributed by atoms with Crippen LogP contribution in [0.5, 0.6) is 5.75 Å². The van der Waals surface area contributed by atoms with Crippen LogP contribution in [0.3, 0.4) is 0 Å². The summed E-state index contributed by atoms with van der Waals surface area (Å²) in [6.07, 6.45) is 0.597. The lowest BCUT2D eigenvalue weighted by molar-refractivity contribution is 0.358. The van der Waals surface area contributed by atoms with Crippen LogP contribution in [0.4, 0.5) is 17.6 Å². The Hall–Kier alpha value is -3.36. The maximum atomic E-state index is 13.8. The number of aliphatic hydroxyl groups is 1. The summed E-state index contributed by atoms with van der Waals surface area (Å²) in [6.45, 7) is 0. The maximum absolute atomic E-state index is 13.8. The van der Waals surface area contributed by atoms with Gasteiger partial charge in [-0.1, -0.05) is 12.1 Å². The van der Waals surface area contributed by atoms with Crippen LogP contribution >= 0.6 is 0 Å². The highest BCUT2D eigenvalue weighted by molar-refractivity contribution is 5.81. The van der Waals surface area contributed by atoms with E-state index in [0.717, 1.165) is 0 Å². The Labute approximate surface area is 136 Å². The first kappa shape index (κ1) is 16.5. The van der Waals surface area contributed by atoms with Crippen LogP contribution in [-0.4, -0.2) is 20.2 Å². The predicted octanol–water partition coefficient (Wildman–Crippen LogP) is 3.24. The molecule has 25 heavy (non-hydrogen) atoms. The van der Waals surface area contributed by atoms with Crippen molar-refractivity contribution in [1.29, 1.82) is 0 Å². The second-order valence-electron chi connectivity index (χ2n) is 4.98. The molecule has 0 spiro atoms. The quantitative estimate of drug-likeness (QED) is 0.286. The van der Waals surface area contributed by atoms with E-state index in [1.54, 1.807) is 18.2 Å². The van der Waals surface area contributed by atoms with Gasteiger partial charge in [0.1, 0.15) is 17.0 Å². The third-order valence-electron chi connectivity index (χ3n) is 3.40. The summed E-state index contributed by atoms with van der Waals surface area (Å²) in [7, 11) is 0. The molecule has 0 aliphatic heterocycles. The van der Waals surface area contributed by atoms with E-state index in [1.807, 2.05) is 0 Å². The molecule has 0 radical (unpaired) electrons. The second kappa shape index (κ2) is 5.93. The van der Waals surface area contributed by atoms with Crippen LogP contribution in [0, 0.1) is 23.3 Å². The van der Waals surface area contributed by atoms with Crippen LogP contribution in [-0.2, 0) is 0 Å². The molecule has 0 saturated carbocycles. The molecule has 0 amide bonds. The zero-order chi connectivity index (χ0) is 18.3. The molecule has 0 bridgehead atoms. The Balaban J connectivity index is 2.21. The summed E-state index contributed by atoms with van der Waals surface area (Å²) in [5.74, 6) is -11.4. The van der Waals surface area contributed by atoms with Crippen molar-refractivity contribution < 1.29 is 27.8 Å². The summed E-state index contributed by atoms with van der Waals surface area (Å²) in [4.78, 5) is 18.3. The molecule has 9 heteroatoms. The van der Waals surface area contributed by atoms with Crippen molar-refractivity contribution in [2.45, 2.75) is 0 Å². The normalized spacial score (nSPS) is 11.9. The van der Waals surface area contributed by atoms with Gasteiger partial charge in [-0.2, -0.15) is 4.39 Å². The van der Waals surface area contributed by atoms with Crippen LogP contribution in [0.1, 0.15) is 11.3 Å². The average molecular weight is 352 g/mol. The van der Waals surface area contributed by atoms with Gasteiger partial charge < -0.3 is 15.2 Å². The van der Waals surface area contributed by atoms with E-state index in [-0.39, 0.29) is 0 Å². The molecule has 1 aromatic heterocycles. The molecule has 2 aromatic carbocycles. The van der Waals surface area contributed by atoms with Crippen molar-refractivity contribution in [3.8, 4) is 5.75 Å². The molecule has 0 saturated heterocycles. The van der Waals surface area contributed by atoms with Gasteiger partial charge in [-0.25, -0.2) is 18.2 Å². The fourth-order valence-corrected chi connectivity index (χ4v) is 2.20. The van der Waals surface area contributed by atoms with Gasteiger partial charge >= 0.3 is 0 Å². The van der Waals surface area contributed by atoms with E-state index in [0.29, 0.717) is 17.1 Å². The molecule has 0 aliphatic carbocycles. The lowest BCUT2D eigenvalue weighted by Gasteiger charge is -2.08. The number of rotatable bonds is 2. The monoisotopic (exact) mass is 352 g/mol. The van der Waals surface area contributed by atoms with Crippen LogP contribution in [0.25, 0.3) is 22.9 Å². The fourth-order valence-electron chi connectivity index (χ4n) is 2.20. The first-order valence-electron chi connectivity index (χ1n) is 6.76. The number of benzene rings is 2. The number of phenols is 1. The van der Waals surface area contributed by atoms with Crippen molar-refractivity contribution in [3.63, 3.8) is 0 Å². The van der Waals surface area contributed by atoms with Gasteiger partial charge in [-0.3, -0.25) is 4.79 Å². The number of fused-ring (bicyclic) bond motifs is 1. The molecule has 3 aromatic rings. The number of nitrogens with one attached hydrogen (secondary N) is 1. The van der Waals surface area contributed by atoms with Crippen molar-refractivity contribution >= 4 is 22.9 Å². The SMILES string of the molecule is O=c1[nH]c2ccccc2nc1C=C(O)c1c(O)c(F)c(F)c(F)c1F. The van der Waals surface area contributed by atoms with Gasteiger partial charge in [0.15, 0.2) is 17.4 Å². The van der Waals surface area contributed by atoms with E-state index in [2.05, 4.69) is 9.97 Å². The highest BCUT2D eigenvalue weighted by Crippen LogP contribution is 2.33. The van der Waals surface area contributed by atoms with E-state index in [4.69, 9.17) is 0 Å². The zero-order valence-corrected chi connectivity index (χ0v) is 12.1. The number of nitrogens with zero attached hydrogens (tertiary/aromatic N) is 1.